The van der Waals surface area contributed by atoms with Crippen molar-refractivity contribution in [3.63, 3.8) is 0 Å². The summed E-state index contributed by atoms with van der Waals surface area (Å²) in [6, 6.07) is 8.54. The predicted octanol–water partition coefficient (Wildman–Crippen LogP) is 13.1. The van der Waals surface area contributed by atoms with Crippen molar-refractivity contribution in [1.82, 2.24) is 0 Å². The molecule has 4 aliphatic rings. The van der Waals surface area contributed by atoms with E-state index in [2.05, 4.69) is 112 Å². The topological polar surface area (TPSA) is 38.7 Å². The molecule has 4 fully saturated rings. The number of hydrogen-bond donors (Lipinski definition) is 1. The van der Waals surface area contributed by atoms with E-state index in [-0.39, 0.29) is 27.7 Å². The van der Waals surface area contributed by atoms with Crippen molar-refractivity contribution in [3.8, 4) is 0 Å². The van der Waals surface area contributed by atoms with Gasteiger partial charge in [0.25, 0.3) is 0 Å². The first kappa shape index (κ1) is 40.5. The van der Waals surface area contributed by atoms with Crippen molar-refractivity contribution in [3.05, 3.63) is 53.1 Å². The lowest BCUT2D eigenvalue weighted by molar-refractivity contribution is -0.00939. The van der Waals surface area contributed by atoms with Gasteiger partial charge in [-0.1, -0.05) is 90.8 Å². The lowest BCUT2D eigenvalue weighted by Gasteiger charge is -2.49. The highest BCUT2D eigenvalue weighted by molar-refractivity contribution is 7.99. The minimum atomic E-state index is -1.94. The zero-order chi connectivity index (χ0) is 37.1. The highest BCUT2D eigenvalue weighted by atomic mass is 32.2. The minimum absolute atomic E-state index is 0.196. The fourth-order valence-electron chi connectivity index (χ4n) is 9.23. The molecule has 1 N–H and O–H groups in total. The van der Waals surface area contributed by atoms with E-state index in [1.807, 2.05) is 31.7 Å². The Kier molecular flexibility index (Phi) is 11.5. The lowest BCUT2D eigenvalue weighted by atomic mass is 9.61. The van der Waals surface area contributed by atoms with Crippen molar-refractivity contribution in [2.75, 3.05) is 5.75 Å². The maximum Gasteiger partial charge on any atom is 0.192 e. The molecule has 3 nitrogen and oxygen atoms in total. The molecule has 0 heterocycles. The third-order valence-electron chi connectivity index (χ3n) is 14.8. The second-order valence-corrected chi connectivity index (χ2v) is 31.5. The zero-order valence-corrected chi connectivity index (χ0v) is 37.4. The van der Waals surface area contributed by atoms with E-state index in [1.165, 1.54) is 49.8 Å². The van der Waals surface area contributed by atoms with Crippen LogP contribution in [0.4, 0.5) is 0 Å². The fourth-order valence-corrected chi connectivity index (χ4v) is 13.1. The van der Waals surface area contributed by atoms with E-state index in [1.54, 1.807) is 11.1 Å². The molecule has 4 aliphatic carbocycles. The van der Waals surface area contributed by atoms with Crippen LogP contribution in [0.25, 0.3) is 0 Å². The predicted molar refractivity (Wildman–Crippen MR) is 221 cm³/mol. The highest BCUT2D eigenvalue weighted by Crippen LogP contribution is 2.63. The van der Waals surface area contributed by atoms with Gasteiger partial charge in [0.05, 0.1) is 17.8 Å². The Hall–Kier alpha value is -0.636. The van der Waals surface area contributed by atoms with Crippen LogP contribution in [0.5, 0.6) is 0 Å². The third-order valence-corrected chi connectivity index (χ3v) is 25.1. The van der Waals surface area contributed by atoms with Crippen LogP contribution < -0.4 is 0 Å². The molecule has 0 unspecified atom stereocenters. The minimum Gasteiger partial charge on any atom is -0.413 e. The van der Waals surface area contributed by atoms with Gasteiger partial charge in [0.2, 0.25) is 0 Å². The molecule has 0 aromatic heterocycles. The molecule has 1 aromatic rings. The van der Waals surface area contributed by atoms with Gasteiger partial charge in [-0.15, -0.1) is 11.8 Å². The third kappa shape index (κ3) is 8.36. The Morgan fingerprint density at radius 1 is 0.880 bits per heavy atom. The monoisotopic (exact) mass is 738 g/mol. The maximum atomic E-state index is 10.5. The van der Waals surface area contributed by atoms with Crippen LogP contribution in [0.1, 0.15) is 133 Å². The van der Waals surface area contributed by atoms with Gasteiger partial charge < -0.3 is 14.0 Å². The molecule has 5 rings (SSSR count). The Labute approximate surface area is 314 Å². The van der Waals surface area contributed by atoms with Gasteiger partial charge in [0, 0.05) is 16.1 Å². The zero-order valence-electron chi connectivity index (χ0n) is 34.6. The summed E-state index contributed by atoms with van der Waals surface area (Å²) in [7, 11) is -3.87. The van der Waals surface area contributed by atoms with Gasteiger partial charge in [-0.2, -0.15) is 0 Å². The summed E-state index contributed by atoms with van der Waals surface area (Å²) in [6.45, 7) is 33.0. The molecule has 0 radical (unpaired) electrons. The quantitative estimate of drug-likeness (QED) is 0.192. The van der Waals surface area contributed by atoms with Crippen LogP contribution in [0.15, 0.2) is 52.5 Å². The van der Waals surface area contributed by atoms with E-state index in [0.717, 1.165) is 30.1 Å². The van der Waals surface area contributed by atoms with Crippen molar-refractivity contribution in [2.45, 2.75) is 186 Å². The summed E-state index contributed by atoms with van der Waals surface area (Å²) in [6.07, 6.45) is 16.9. The molecule has 0 aliphatic heterocycles. The van der Waals surface area contributed by atoms with Gasteiger partial charge in [0.1, 0.15) is 0 Å². The summed E-state index contributed by atoms with van der Waals surface area (Å²) in [5, 5.41) is 10.9. The summed E-state index contributed by atoms with van der Waals surface area (Å²) >= 11 is 1.98. The molecule has 0 amide bonds. The number of rotatable bonds is 10. The van der Waals surface area contributed by atoms with Gasteiger partial charge in [0.15, 0.2) is 16.6 Å². The number of benzene rings is 1. The van der Waals surface area contributed by atoms with E-state index in [4.69, 9.17) is 8.85 Å². The Bertz CT molecular complexity index is 1380. The first-order valence-corrected chi connectivity index (χ1v) is 26.9. The number of fused-ring (bicyclic) bond motifs is 1. The molecule has 0 saturated heterocycles. The largest absolute Gasteiger partial charge is 0.413 e. The van der Waals surface area contributed by atoms with Gasteiger partial charge in [-0.25, -0.2) is 0 Å². The normalized spacial score (nSPS) is 30.5. The van der Waals surface area contributed by atoms with E-state index < -0.39 is 22.2 Å². The van der Waals surface area contributed by atoms with Crippen molar-refractivity contribution in [1.29, 1.82) is 0 Å². The van der Waals surface area contributed by atoms with Crippen molar-refractivity contribution < 1.29 is 14.0 Å². The van der Waals surface area contributed by atoms with Crippen molar-refractivity contribution in [2.24, 2.45) is 28.6 Å². The number of thioether (sulfide) groups is 1. The molecule has 0 bridgehead atoms. The van der Waals surface area contributed by atoms with E-state index in [9.17, 15) is 5.11 Å². The average Bonchev–Trinajstić information content (AvgIpc) is 3.70. The number of aliphatic hydroxyl groups is 1. The Balaban J connectivity index is 1.35. The number of allylic oxidation sites excluding steroid dienone is 3. The number of hydrogen-bond acceptors (Lipinski definition) is 4. The van der Waals surface area contributed by atoms with Crippen LogP contribution in [-0.2, 0) is 14.5 Å². The molecule has 4 saturated carbocycles. The second kappa shape index (κ2) is 14.2. The Morgan fingerprint density at radius 2 is 1.46 bits per heavy atom. The van der Waals surface area contributed by atoms with Crippen molar-refractivity contribution >= 4 is 28.4 Å². The lowest BCUT2D eigenvalue weighted by Crippen LogP contribution is -2.54. The molecular weight excluding hydrogens is 665 g/mol. The standard InChI is InChI=1S/C44H74O3SSi2/c1-31(30-48-35-19-15-18-34(29-35)42(8,9)45)36-22-23-37-33(17-16-24-43(36,37)10)21-20-32-27-38(46-49(11,12)40(2,3)4)44(25-26-44)39(28-32)47-50(13,14)41(5,6)7/h15,18-21,29,31,36-39,45H,16-17,22-28,30H2,1-14H3/b33-21+/t31-,36+,37-,38+,39+,43+/m0/s1. The van der Waals surface area contributed by atoms with Crippen LogP contribution in [0.2, 0.25) is 36.3 Å². The molecule has 1 aromatic carbocycles. The van der Waals surface area contributed by atoms with E-state index in [0.29, 0.717) is 17.3 Å². The van der Waals surface area contributed by atoms with Gasteiger partial charge in [-0.05, 0) is 149 Å². The molecule has 282 valence electrons. The summed E-state index contributed by atoms with van der Waals surface area (Å²) in [5.41, 5.74) is 4.04. The first-order valence-electron chi connectivity index (χ1n) is 20.1. The van der Waals surface area contributed by atoms with Crippen LogP contribution in [0.3, 0.4) is 0 Å². The summed E-state index contributed by atoms with van der Waals surface area (Å²) in [5.74, 6) is 3.25. The summed E-state index contributed by atoms with van der Waals surface area (Å²) in [4.78, 5) is 1.28. The average molecular weight is 739 g/mol. The maximum absolute atomic E-state index is 10.5. The highest BCUT2D eigenvalue weighted by Gasteiger charge is 2.61. The second-order valence-electron chi connectivity index (χ2n) is 20.9. The van der Waals surface area contributed by atoms with Gasteiger partial charge in [-0.3, -0.25) is 0 Å². The molecule has 6 atom stereocenters. The molecule has 6 heteroatoms. The fraction of sp³-hybridized carbons (Fsp3) is 0.773. The molecule has 1 spiro atoms. The molecular formula is C44H74O3SSi2. The molecule has 50 heavy (non-hydrogen) atoms. The summed E-state index contributed by atoms with van der Waals surface area (Å²) < 4.78 is 14.8. The SMILES string of the molecule is C[C@@H](CSc1cccc(C(C)(C)O)c1)[C@H]1CC[C@H]2/C(=C/C=C3C[C@@H](O[Si](C)(C)C(C)(C)C)C4(CC4)[C@H](O[Si](C)(C)C(C)(C)C)C3)CCC[C@]12C. The smallest absolute Gasteiger partial charge is 0.192 e. The van der Waals surface area contributed by atoms with E-state index >= 15 is 0 Å². The van der Waals surface area contributed by atoms with Crippen LogP contribution in [0, 0.1) is 28.6 Å². The van der Waals surface area contributed by atoms with Gasteiger partial charge >= 0.3 is 0 Å². The first-order chi connectivity index (χ1) is 22.9. The van der Waals surface area contributed by atoms with Crippen LogP contribution in [-0.4, -0.2) is 39.7 Å². The Morgan fingerprint density at radius 3 is 1.98 bits per heavy atom. The van der Waals surface area contributed by atoms with Crippen LogP contribution >= 0.6 is 11.8 Å².